The number of rotatable bonds is 9. The van der Waals surface area contributed by atoms with Crippen LogP contribution in [0.1, 0.15) is 40.5 Å². The monoisotopic (exact) mass is 294 g/mol. The Morgan fingerprint density at radius 2 is 1.19 bits per heavy atom. The summed E-state index contributed by atoms with van der Waals surface area (Å²) in [6.45, 7) is 8.67. The third-order valence-electron chi connectivity index (χ3n) is 1.67. The van der Waals surface area contributed by atoms with Gasteiger partial charge in [0.2, 0.25) is 0 Å². The lowest BCUT2D eigenvalue weighted by Gasteiger charge is -2.15. The maximum Gasteiger partial charge on any atom is 0.0644 e. The van der Waals surface area contributed by atoms with Gasteiger partial charge in [0.1, 0.15) is 0 Å². The van der Waals surface area contributed by atoms with Gasteiger partial charge in [0.05, 0.1) is 9.16 Å². The first-order valence-corrected chi connectivity index (χ1v) is 9.79. The first kappa shape index (κ1) is 16.9. The number of hydrogen-bond donors (Lipinski definition) is 0. The van der Waals surface area contributed by atoms with Crippen LogP contribution in [-0.4, -0.2) is 9.16 Å². The Hall–Kier alpha value is 0.880. The van der Waals surface area contributed by atoms with Crippen LogP contribution >= 0.6 is 45.1 Å². The lowest BCUT2D eigenvalue weighted by atomic mass is 10.6. The van der Waals surface area contributed by atoms with E-state index < -0.39 is 0 Å². The van der Waals surface area contributed by atoms with Crippen molar-refractivity contribution in [1.82, 2.24) is 0 Å². The van der Waals surface area contributed by atoms with Crippen molar-refractivity contribution in [2.75, 3.05) is 0 Å². The van der Waals surface area contributed by atoms with Crippen molar-refractivity contribution in [3.63, 3.8) is 0 Å². The summed E-state index contributed by atoms with van der Waals surface area (Å²) in [6, 6.07) is 0. The molecule has 0 bridgehead atoms. The van der Waals surface area contributed by atoms with E-state index in [2.05, 4.69) is 50.7 Å². The summed E-state index contributed by atoms with van der Waals surface area (Å²) in [5.41, 5.74) is 0. The zero-order chi connectivity index (χ0) is 12.2. The number of hydrogen-bond acceptors (Lipinski definition) is 4. The average molecular weight is 295 g/mol. The highest BCUT2D eigenvalue weighted by atomic mass is 33.1. The predicted octanol–water partition coefficient (Wildman–Crippen LogP) is 6.37. The van der Waals surface area contributed by atoms with Gasteiger partial charge in [-0.15, -0.1) is 23.5 Å². The average Bonchev–Trinajstić information content (AvgIpc) is 2.33. The largest absolute Gasteiger partial charge is 0.119 e. The Morgan fingerprint density at radius 3 is 1.44 bits per heavy atom. The minimum absolute atomic E-state index is 0.682. The molecule has 0 nitrogen and oxygen atoms in total. The first-order valence-electron chi connectivity index (χ1n) is 5.63. The molecule has 0 saturated carbocycles. The van der Waals surface area contributed by atoms with Crippen LogP contribution in [0.3, 0.4) is 0 Å². The van der Waals surface area contributed by atoms with E-state index in [1.165, 1.54) is 12.8 Å². The van der Waals surface area contributed by atoms with Gasteiger partial charge in [0.25, 0.3) is 0 Å². The molecule has 0 spiro atoms. The van der Waals surface area contributed by atoms with Gasteiger partial charge in [0, 0.05) is 0 Å². The van der Waals surface area contributed by atoms with Gasteiger partial charge < -0.3 is 0 Å². The normalized spacial score (nSPS) is 16.0. The summed E-state index contributed by atoms with van der Waals surface area (Å²) >= 11 is 3.86. The van der Waals surface area contributed by atoms with E-state index in [1.54, 1.807) is 0 Å². The Kier molecular flexibility index (Phi) is 13.0. The zero-order valence-corrected chi connectivity index (χ0v) is 13.8. The van der Waals surface area contributed by atoms with E-state index in [0.29, 0.717) is 9.16 Å². The summed E-state index contributed by atoms with van der Waals surface area (Å²) in [5, 5.41) is 4.39. The van der Waals surface area contributed by atoms with Crippen LogP contribution in [-0.2, 0) is 0 Å². The summed E-state index contributed by atoms with van der Waals surface area (Å²) < 4.78 is 1.36. The smallest absolute Gasteiger partial charge is 0.0644 e. The quantitative estimate of drug-likeness (QED) is 0.357. The zero-order valence-electron chi connectivity index (χ0n) is 10.5. The molecule has 0 rings (SSSR count). The summed E-state index contributed by atoms with van der Waals surface area (Å²) in [7, 11) is 4.04. The van der Waals surface area contributed by atoms with Crippen molar-refractivity contribution < 1.29 is 0 Å². The lowest BCUT2D eigenvalue weighted by Crippen LogP contribution is -1.94. The summed E-state index contributed by atoms with van der Waals surface area (Å²) in [5.74, 6) is 0. The third-order valence-corrected chi connectivity index (χ3v) is 8.71. The summed E-state index contributed by atoms with van der Waals surface area (Å²) in [6.07, 6.45) is 6.67. The Balaban J connectivity index is 3.86. The van der Waals surface area contributed by atoms with Crippen LogP contribution in [0.5, 0.6) is 0 Å². The van der Waals surface area contributed by atoms with Crippen LogP contribution in [0.4, 0.5) is 0 Å². The molecular weight excluding hydrogens is 272 g/mol. The van der Waals surface area contributed by atoms with Gasteiger partial charge >= 0.3 is 0 Å². The molecule has 0 heterocycles. The van der Waals surface area contributed by atoms with Gasteiger partial charge in [-0.2, -0.15) is 0 Å². The molecule has 0 aliphatic carbocycles. The Labute approximate surface area is 117 Å². The van der Waals surface area contributed by atoms with Gasteiger partial charge in [-0.3, -0.25) is 0 Å². The van der Waals surface area contributed by atoms with Crippen molar-refractivity contribution >= 4 is 45.1 Å². The van der Waals surface area contributed by atoms with Crippen LogP contribution < -0.4 is 0 Å². The highest BCUT2D eigenvalue weighted by molar-refractivity contribution is 8.80. The van der Waals surface area contributed by atoms with Crippen molar-refractivity contribution in [2.24, 2.45) is 0 Å². The second-order valence-electron chi connectivity index (χ2n) is 3.08. The summed E-state index contributed by atoms with van der Waals surface area (Å²) in [4.78, 5) is 0. The third kappa shape index (κ3) is 8.97. The molecule has 94 valence electrons. The van der Waals surface area contributed by atoms with E-state index >= 15 is 0 Å². The highest BCUT2D eigenvalue weighted by Crippen LogP contribution is 2.43. The molecular formula is C12H22S4. The van der Waals surface area contributed by atoms with Gasteiger partial charge in [-0.05, 0) is 37.5 Å². The fourth-order valence-electron chi connectivity index (χ4n) is 0.830. The van der Waals surface area contributed by atoms with Crippen molar-refractivity contribution in [1.29, 1.82) is 0 Å². The molecule has 4 heteroatoms. The van der Waals surface area contributed by atoms with E-state index in [1.807, 2.05) is 45.1 Å². The molecule has 0 aromatic heterocycles. The fourth-order valence-corrected chi connectivity index (χ4v) is 6.34. The Morgan fingerprint density at radius 1 is 0.812 bits per heavy atom. The maximum atomic E-state index is 2.26. The highest BCUT2D eigenvalue weighted by Gasteiger charge is 2.11. The molecule has 0 aliphatic heterocycles. The van der Waals surface area contributed by atoms with Crippen molar-refractivity contribution in [2.45, 2.75) is 49.7 Å². The minimum Gasteiger partial charge on any atom is -0.119 e. The van der Waals surface area contributed by atoms with E-state index in [0.717, 1.165) is 0 Å². The molecule has 0 saturated heterocycles. The fraction of sp³-hybridized carbons (Fsp3) is 0.667. The van der Waals surface area contributed by atoms with E-state index in [4.69, 9.17) is 0 Å². The van der Waals surface area contributed by atoms with Gasteiger partial charge in [0.15, 0.2) is 0 Å². The molecule has 0 N–H and O–H groups in total. The SMILES string of the molecule is C/C=C\SC(CC)SSC(CC)S/C=C\C. The molecule has 0 fully saturated rings. The molecule has 0 aromatic carbocycles. The van der Waals surface area contributed by atoms with Crippen LogP contribution in [0.15, 0.2) is 23.0 Å². The molecule has 0 radical (unpaired) electrons. The van der Waals surface area contributed by atoms with Crippen LogP contribution in [0.2, 0.25) is 0 Å². The lowest BCUT2D eigenvalue weighted by molar-refractivity contribution is 1.06. The Bertz CT molecular complexity index is 179. The number of thioether (sulfide) groups is 2. The second-order valence-corrected chi connectivity index (χ2v) is 8.58. The maximum absolute atomic E-state index is 2.26. The molecule has 0 aromatic rings. The minimum atomic E-state index is 0.682. The molecule has 2 unspecified atom stereocenters. The number of allylic oxidation sites excluding steroid dienone is 2. The topological polar surface area (TPSA) is 0 Å². The van der Waals surface area contributed by atoms with Gasteiger partial charge in [-0.25, -0.2) is 0 Å². The predicted molar refractivity (Wildman–Crippen MR) is 88.2 cm³/mol. The van der Waals surface area contributed by atoms with Crippen molar-refractivity contribution in [3.05, 3.63) is 23.0 Å². The standard InChI is InChI=1S/C12H22S4/c1-5-9-13-11(7-3)15-16-12(8-4)14-10-6-2/h5-6,9-12H,7-8H2,1-4H3/b9-5-,10-6-. The van der Waals surface area contributed by atoms with E-state index in [-0.39, 0.29) is 0 Å². The molecule has 2 atom stereocenters. The molecule has 0 amide bonds. The van der Waals surface area contributed by atoms with Crippen LogP contribution in [0.25, 0.3) is 0 Å². The second kappa shape index (κ2) is 12.3. The van der Waals surface area contributed by atoms with E-state index in [9.17, 15) is 0 Å². The molecule has 16 heavy (non-hydrogen) atoms. The van der Waals surface area contributed by atoms with Crippen molar-refractivity contribution in [3.8, 4) is 0 Å². The van der Waals surface area contributed by atoms with Gasteiger partial charge in [-0.1, -0.05) is 47.6 Å². The molecule has 0 aliphatic rings. The first-order chi connectivity index (χ1) is 7.78. The van der Waals surface area contributed by atoms with Crippen LogP contribution in [0, 0.1) is 0 Å².